The largest absolute Gasteiger partial charge is 0.461 e. The average Bonchev–Trinajstić information content (AvgIpc) is 3.34. The highest BCUT2D eigenvalue weighted by atomic mass is 16.7. The highest BCUT2D eigenvalue weighted by Crippen LogP contribution is 2.32. The molecule has 0 unspecified atom stereocenters. The Morgan fingerprint density at radius 2 is 1.93 bits per heavy atom. The second kappa shape index (κ2) is 7.79. The van der Waals surface area contributed by atoms with E-state index in [1.54, 1.807) is 50.2 Å². The Morgan fingerprint density at radius 3 is 2.76 bits per heavy atom. The number of hydrogen-bond acceptors (Lipinski definition) is 6. The van der Waals surface area contributed by atoms with Gasteiger partial charge in [-0.15, -0.1) is 0 Å². The van der Waals surface area contributed by atoms with E-state index in [0.717, 1.165) is 5.56 Å². The fraction of sp³-hybridized carbons (Fsp3) is 0.227. The summed E-state index contributed by atoms with van der Waals surface area (Å²) in [7, 11) is 0. The molecule has 4 rings (SSSR count). The minimum absolute atomic E-state index is 0.0488. The van der Waals surface area contributed by atoms with Crippen molar-refractivity contribution in [2.75, 3.05) is 13.4 Å². The number of esters is 1. The van der Waals surface area contributed by atoms with Gasteiger partial charge in [-0.05, 0) is 49.7 Å². The first-order valence-electron chi connectivity index (χ1n) is 9.31. The molecule has 1 aliphatic heterocycles. The van der Waals surface area contributed by atoms with Crippen molar-refractivity contribution < 1.29 is 23.8 Å². The molecule has 7 nitrogen and oxygen atoms in total. The van der Waals surface area contributed by atoms with Gasteiger partial charge in [0.1, 0.15) is 0 Å². The number of nitrogens with zero attached hydrogens (tertiary/aromatic N) is 2. The van der Waals surface area contributed by atoms with Gasteiger partial charge in [-0.1, -0.05) is 18.2 Å². The average molecular weight is 392 g/mol. The molecule has 0 saturated heterocycles. The predicted molar refractivity (Wildman–Crippen MR) is 105 cm³/mol. The molecule has 0 fully saturated rings. The Labute approximate surface area is 167 Å². The topological polar surface area (TPSA) is 79.7 Å². The summed E-state index contributed by atoms with van der Waals surface area (Å²) >= 11 is 0. The van der Waals surface area contributed by atoms with Crippen LogP contribution in [0.2, 0.25) is 0 Å². The Balaban J connectivity index is 1.59. The highest BCUT2D eigenvalue weighted by molar-refractivity contribution is 5.98. The summed E-state index contributed by atoms with van der Waals surface area (Å²) in [6.45, 7) is 4.02. The summed E-state index contributed by atoms with van der Waals surface area (Å²) in [6.07, 6.45) is 0.225. The van der Waals surface area contributed by atoms with E-state index in [4.69, 9.17) is 14.2 Å². The van der Waals surface area contributed by atoms with E-state index in [1.165, 1.54) is 4.68 Å². The number of ketones is 1. The van der Waals surface area contributed by atoms with Crippen LogP contribution in [-0.4, -0.2) is 34.9 Å². The quantitative estimate of drug-likeness (QED) is 0.472. The highest BCUT2D eigenvalue weighted by Gasteiger charge is 2.18. The first-order chi connectivity index (χ1) is 14.0. The molecule has 148 valence electrons. The minimum atomic E-state index is -0.454. The lowest BCUT2D eigenvalue weighted by molar-refractivity contribution is 0.0515. The molecule has 0 spiro atoms. The van der Waals surface area contributed by atoms with Gasteiger partial charge in [0.2, 0.25) is 6.79 Å². The van der Waals surface area contributed by atoms with E-state index in [9.17, 15) is 9.59 Å². The van der Waals surface area contributed by atoms with Crippen LogP contribution >= 0.6 is 0 Å². The van der Waals surface area contributed by atoms with Gasteiger partial charge in [-0.25, -0.2) is 9.48 Å². The predicted octanol–water partition coefficient (Wildman–Crippen LogP) is 3.51. The van der Waals surface area contributed by atoms with Gasteiger partial charge < -0.3 is 14.2 Å². The van der Waals surface area contributed by atoms with Crippen LogP contribution in [0.1, 0.15) is 39.0 Å². The van der Waals surface area contributed by atoms with Crippen LogP contribution in [-0.2, 0) is 11.2 Å². The van der Waals surface area contributed by atoms with Crippen LogP contribution < -0.4 is 9.47 Å². The number of Topliss-reactive ketones (excluding diaryl/α,β-unsaturated/α-hetero) is 1. The second-order valence-electron chi connectivity index (χ2n) is 6.64. The van der Waals surface area contributed by atoms with E-state index >= 15 is 0 Å². The molecule has 2 aromatic carbocycles. The maximum Gasteiger partial charge on any atom is 0.357 e. The van der Waals surface area contributed by atoms with Gasteiger partial charge in [-0.3, -0.25) is 4.79 Å². The molecule has 0 saturated carbocycles. The van der Waals surface area contributed by atoms with E-state index in [-0.39, 0.29) is 25.6 Å². The molecule has 7 heteroatoms. The van der Waals surface area contributed by atoms with Gasteiger partial charge in [0.15, 0.2) is 23.0 Å². The van der Waals surface area contributed by atoms with Crippen molar-refractivity contribution in [3.8, 4) is 17.2 Å². The SMILES string of the molecule is CCOC(=O)c1cc(C)nn1-c1cccc(C(=O)Cc2ccc3c(c2)OCO3)c1. The number of aryl methyl sites for hydroxylation is 1. The Morgan fingerprint density at radius 1 is 1.10 bits per heavy atom. The third-order valence-corrected chi connectivity index (χ3v) is 4.53. The van der Waals surface area contributed by atoms with Crippen molar-refractivity contribution in [2.24, 2.45) is 0 Å². The smallest absolute Gasteiger partial charge is 0.357 e. The molecule has 0 bridgehead atoms. The summed E-state index contributed by atoms with van der Waals surface area (Å²) in [5.74, 6) is 0.830. The van der Waals surface area contributed by atoms with Crippen molar-refractivity contribution in [1.29, 1.82) is 0 Å². The number of benzene rings is 2. The van der Waals surface area contributed by atoms with Crippen LogP contribution in [0.5, 0.6) is 11.5 Å². The fourth-order valence-corrected chi connectivity index (χ4v) is 3.20. The molecule has 1 aromatic heterocycles. The van der Waals surface area contributed by atoms with Crippen molar-refractivity contribution in [1.82, 2.24) is 9.78 Å². The monoisotopic (exact) mass is 392 g/mol. The van der Waals surface area contributed by atoms with Gasteiger partial charge in [0, 0.05) is 12.0 Å². The zero-order valence-electron chi connectivity index (χ0n) is 16.2. The summed E-state index contributed by atoms with van der Waals surface area (Å²) in [5, 5.41) is 4.38. The van der Waals surface area contributed by atoms with Gasteiger partial charge in [-0.2, -0.15) is 5.10 Å². The third-order valence-electron chi connectivity index (χ3n) is 4.53. The number of carbonyl (C=O) groups is 2. The van der Waals surface area contributed by atoms with Gasteiger partial charge in [0.05, 0.1) is 18.0 Å². The summed E-state index contributed by atoms with van der Waals surface area (Å²) in [6, 6.07) is 14.2. The zero-order chi connectivity index (χ0) is 20.4. The molecule has 0 atom stereocenters. The zero-order valence-corrected chi connectivity index (χ0v) is 16.2. The van der Waals surface area contributed by atoms with Gasteiger partial charge >= 0.3 is 5.97 Å². The molecule has 29 heavy (non-hydrogen) atoms. The van der Waals surface area contributed by atoms with Crippen LogP contribution in [0.4, 0.5) is 0 Å². The molecular formula is C22H20N2O5. The third kappa shape index (κ3) is 3.85. The Bertz CT molecular complexity index is 1090. The van der Waals surface area contributed by atoms with Crippen molar-refractivity contribution in [3.63, 3.8) is 0 Å². The van der Waals surface area contributed by atoms with Crippen molar-refractivity contribution in [2.45, 2.75) is 20.3 Å². The number of rotatable bonds is 6. The number of aromatic nitrogens is 2. The molecule has 0 aliphatic carbocycles. The summed E-state index contributed by atoms with van der Waals surface area (Å²) in [5.41, 5.74) is 3.00. The molecule has 0 N–H and O–H groups in total. The number of fused-ring (bicyclic) bond motifs is 1. The molecular weight excluding hydrogens is 372 g/mol. The summed E-state index contributed by atoms with van der Waals surface area (Å²) in [4.78, 5) is 25.1. The molecule has 0 radical (unpaired) electrons. The van der Waals surface area contributed by atoms with Gasteiger partial charge in [0.25, 0.3) is 0 Å². The normalized spacial score (nSPS) is 12.1. The van der Waals surface area contributed by atoms with Crippen LogP contribution in [0, 0.1) is 6.92 Å². The maximum atomic E-state index is 12.8. The molecule has 1 aliphatic rings. The van der Waals surface area contributed by atoms with E-state index < -0.39 is 5.97 Å². The second-order valence-corrected chi connectivity index (χ2v) is 6.64. The lowest BCUT2D eigenvalue weighted by Gasteiger charge is -2.09. The number of carbonyl (C=O) groups excluding carboxylic acids is 2. The minimum Gasteiger partial charge on any atom is -0.461 e. The van der Waals surface area contributed by atoms with E-state index in [0.29, 0.717) is 34.1 Å². The first-order valence-corrected chi connectivity index (χ1v) is 9.31. The lowest BCUT2D eigenvalue weighted by atomic mass is 10.0. The maximum absolute atomic E-state index is 12.8. The van der Waals surface area contributed by atoms with Crippen molar-refractivity contribution in [3.05, 3.63) is 71.0 Å². The molecule has 3 aromatic rings. The number of ether oxygens (including phenoxy) is 3. The number of hydrogen-bond donors (Lipinski definition) is 0. The standard InChI is InChI=1S/C22H20N2O5/c1-3-27-22(26)18-9-14(2)23-24(18)17-6-4-5-16(12-17)19(25)10-15-7-8-20-21(11-15)29-13-28-20/h4-9,11-12H,3,10,13H2,1-2H3. The molecule has 2 heterocycles. The van der Waals surface area contributed by atoms with Crippen LogP contribution in [0.15, 0.2) is 48.5 Å². The Hall–Kier alpha value is -3.61. The molecule has 0 amide bonds. The lowest BCUT2D eigenvalue weighted by Crippen LogP contribution is -2.12. The van der Waals surface area contributed by atoms with Crippen LogP contribution in [0.3, 0.4) is 0 Å². The van der Waals surface area contributed by atoms with Crippen LogP contribution in [0.25, 0.3) is 5.69 Å². The van der Waals surface area contributed by atoms with E-state index in [1.807, 2.05) is 12.1 Å². The van der Waals surface area contributed by atoms with E-state index in [2.05, 4.69) is 5.10 Å². The Kier molecular flexibility index (Phi) is 5.03. The fourth-order valence-electron chi connectivity index (χ4n) is 3.20. The summed E-state index contributed by atoms with van der Waals surface area (Å²) < 4.78 is 17.3. The van der Waals surface area contributed by atoms with Crippen molar-refractivity contribution >= 4 is 11.8 Å². The first kappa shape index (κ1) is 18.7.